The molecule has 0 spiro atoms. The molecule has 5 rings (SSSR count). The van der Waals surface area contributed by atoms with E-state index in [-0.39, 0.29) is 5.91 Å². The Balaban J connectivity index is 1.07. The first-order valence-electron chi connectivity index (χ1n) is 13.4. The van der Waals surface area contributed by atoms with Gasteiger partial charge in [-0.25, -0.2) is 0 Å². The molecule has 2 aliphatic heterocycles. The minimum Gasteiger partial charge on any atom is -0.353 e. The molecule has 1 amide bonds. The zero-order valence-corrected chi connectivity index (χ0v) is 22.2. The summed E-state index contributed by atoms with van der Waals surface area (Å²) >= 11 is 1.66. The summed E-state index contributed by atoms with van der Waals surface area (Å²) in [5, 5.41) is 6.60. The molecule has 0 bridgehead atoms. The lowest BCUT2D eigenvalue weighted by molar-refractivity contribution is -0.124. The fourth-order valence-electron chi connectivity index (χ4n) is 5.43. The van der Waals surface area contributed by atoms with E-state index in [1.165, 1.54) is 11.1 Å². The van der Waals surface area contributed by atoms with E-state index in [4.69, 9.17) is 0 Å². The molecule has 1 aromatic heterocycles. The van der Waals surface area contributed by atoms with Gasteiger partial charge in [-0.15, -0.1) is 11.8 Å². The molecule has 3 heterocycles. The van der Waals surface area contributed by atoms with Crippen molar-refractivity contribution in [3.8, 4) is 0 Å². The van der Waals surface area contributed by atoms with E-state index in [9.17, 15) is 4.79 Å². The molecule has 2 saturated heterocycles. The number of carbonyl (C=O) groups excluding carboxylic acids is 1. The summed E-state index contributed by atoms with van der Waals surface area (Å²) in [6, 6.07) is 25.9. The molecule has 0 saturated carbocycles. The summed E-state index contributed by atoms with van der Waals surface area (Å²) < 4.78 is 0. The van der Waals surface area contributed by atoms with Gasteiger partial charge in [0.1, 0.15) is 0 Å². The summed E-state index contributed by atoms with van der Waals surface area (Å²) in [7, 11) is 0. The SMILES string of the molecule is O=C(NCCCCN1CCN(C(c2ccccc2)c2ccccc2)CC1)[C@]1(c2cccnc2)NCCS1. The van der Waals surface area contributed by atoms with Crippen LogP contribution in [0.2, 0.25) is 0 Å². The second-order valence-electron chi connectivity index (χ2n) is 9.76. The van der Waals surface area contributed by atoms with Gasteiger partial charge >= 0.3 is 0 Å². The Kier molecular flexibility index (Phi) is 8.89. The first-order chi connectivity index (χ1) is 18.3. The highest BCUT2D eigenvalue weighted by atomic mass is 32.2. The number of hydrogen-bond donors (Lipinski definition) is 2. The Morgan fingerprint density at radius 1 is 0.946 bits per heavy atom. The molecule has 7 heteroatoms. The highest BCUT2D eigenvalue weighted by molar-refractivity contribution is 8.01. The Bertz CT molecular complexity index is 1060. The van der Waals surface area contributed by atoms with Crippen LogP contribution in [0.15, 0.2) is 85.2 Å². The van der Waals surface area contributed by atoms with Crippen molar-refractivity contribution in [1.29, 1.82) is 0 Å². The number of nitrogens with one attached hydrogen (secondary N) is 2. The Hall–Kier alpha value is -2.71. The average Bonchev–Trinajstić information content (AvgIpc) is 3.47. The van der Waals surface area contributed by atoms with E-state index in [1.54, 1.807) is 24.2 Å². The summed E-state index contributed by atoms with van der Waals surface area (Å²) in [5.41, 5.74) is 3.64. The molecule has 1 atom stereocenters. The van der Waals surface area contributed by atoms with Gasteiger partial charge < -0.3 is 10.2 Å². The number of pyridine rings is 1. The zero-order valence-electron chi connectivity index (χ0n) is 21.4. The van der Waals surface area contributed by atoms with Gasteiger partial charge in [-0.2, -0.15) is 0 Å². The molecule has 3 aromatic rings. The van der Waals surface area contributed by atoms with Gasteiger partial charge in [0, 0.05) is 63.0 Å². The predicted octanol–water partition coefficient (Wildman–Crippen LogP) is 3.87. The summed E-state index contributed by atoms with van der Waals surface area (Å²) in [5.74, 6) is 0.966. The number of thioether (sulfide) groups is 1. The van der Waals surface area contributed by atoms with E-state index < -0.39 is 4.87 Å². The minimum atomic E-state index is -0.710. The Morgan fingerprint density at radius 3 is 2.24 bits per heavy atom. The van der Waals surface area contributed by atoms with Gasteiger partial charge in [0.25, 0.3) is 5.91 Å². The molecular formula is C30H37N5OS. The molecule has 194 valence electrons. The van der Waals surface area contributed by atoms with Crippen molar-refractivity contribution in [2.45, 2.75) is 23.8 Å². The standard InChI is InChI=1S/C30H37N5OS/c36-29(30(33-17-23-37-30)27-14-9-15-31-24-27)32-16-7-8-18-34-19-21-35(22-20-34)28(25-10-3-1-4-11-25)26-12-5-2-6-13-26/h1-6,9-15,24,28,33H,7-8,16-23H2,(H,32,36)/t30-/m1/s1. The number of carbonyl (C=O) groups is 1. The van der Waals surface area contributed by atoms with Gasteiger partial charge in [-0.1, -0.05) is 66.7 Å². The number of benzene rings is 2. The molecule has 0 radical (unpaired) electrons. The fourth-order valence-corrected chi connectivity index (χ4v) is 6.64. The second-order valence-corrected chi connectivity index (χ2v) is 11.1. The van der Waals surface area contributed by atoms with Crippen LogP contribution in [0.1, 0.15) is 35.6 Å². The van der Waals surface area contributed by atoms with Gasteiger partial charge in [-0.05, 0) is 36.6 Å². The number of aromatic nitrogens is 1. The Labute approximate surface area is 224 Å². The van der Waals surface area contributed by atoms with E-state index in [0.29, 0.717) is 12.6 Å². The number of piperazine rings is 1. The van der Waals surface area contributed by atoms with Gasteiger partial charge in [-0.3, -0.25) is 20.0 Å². The van der Waals surface area contributed by atoms with E-state index in [1.807, 2.05) is 12.1 Å². The predicted molar refractivity (Wildman–Crippen MR) is 151 cm³/mol. The van der Waals surface area contributed by atoms with Crippen LogP contribution in [-0.2, 0) is 9.67 Å². The third-order valence-electron chi connectivity index (χ3n) is 7.37. The van der Waals surface area contributed by atoms with Crippen molar-refractivity contribution < 1.29 is 4.79 Å². The number of unbranched alkanes of at least 4 members (excludes halogenated alkanes) is 1. The van der Waals surface area contributed by atoms with Crippen LogP contribution in [0.3, 0.4) is 0 Å². The number of rotatable bonds is 10. The van der Waals surface area contributed by atoms with Crippen molar-refractivity contribution >= 4 is 17.7 Å². The van der Waals surface area contributed by atoms with Crippen molar-refractivity contribution in [3.63, 3.8) is 0 Å². The lowest BCUT2D eigenvalue weighted by atomic mass is 9.96. The summed E-state index contributed by atoms with van der Waals surface area (Å²) in [6.07, 6.45) is 5.61. The van der Waals surface area contributed by atoms with Crippen molar-refractivity contribution in [2.24, 2.45) is 0 Å². The zero-order chi connectivity index (χ0) is 25.3. The quantitative estimate of drug-likeness (QED) is 0.400. The Morgan fingerprint density at radius 2 is 1.65 bits per heavy atom. The minimum absolute atomic E-state index is 0.0458. The highest BCUT2D eigenvalue weighted by Crippen LogP contribution is 2.37. The molecule has 0 unspecified atom stereocenters. The van der Waals surface area contributed by atoms with Crippen LogP contribution >= 0.6 is 11.8 Å². The first-order valence-corrected chi connectivity index (χ1v) is 14.4. The molecule has 2 aliphatic rings. The topological polar surface area (TPSA) is 60.5 Å². The third kappa shape index (κ3) is 6.24. The molecule has 6 nitrogen and oxygen atoms in total. The third-order valence-corrected chi connectivity index (χ3v) is 8.78. The number of amides is 1. The lowest BCUT2D eigenvalue weighted by Crippen LogP contribution is -2.49. The van der Waals surface area contributed by atoms with Crippen LogP contribution in [-0.4, -0.2) is 72.3 Å². The van der Waals surface area contributed by atoms with E-state index in [0.717, 1.165) is 63.4 Å². The highest BCUT2D eigenvalue weighted by Gasteiger charge is 2.43. The maximum atomic E-state index is 13.1. The summed E-state index contributed by atoms with van der Waals surface area (Å²) in [6.45, 7) is 6.87. The monoisotopic (exact) mass is 515 g/mol. The van der Waals surface area contributed by atoms with Gasteiger partial charge in [0.05, 0.1) is 6.04 Å². The number of hydrogen-bond acceptors (Lipinski definition) is 6. The normalized spacial score (nSPS) is 20.8. The molecule has 37 heavy (non-hydrogen) atoms. The van der Waals surface area contributed by atoms with Crippen LogP contribution in [0.4, 0.5) is 0 Å². The maximum Gasteiger partial charge on any atom is 0.255 e. The number of nitrogens with zero attached hydrogens (tertiary/aromatic N) is 3. The molecule has 0 aliphatic carbocycles. The van der Waals surface area contributed by atoms with Crippen LogP contribution < -0.4 is 10.6 Å². The average molecular weight is 516 g/mol. The maximum absolute atomic E-state index is 13.1. The second kappa shape index (κ2) is 12.7. The lowest BCUT2D eigenvalue weighted by Gasteiger charge is -2.40. The van der Waals surface area contributed by atoms with Crippen LogP contribution in [0, 0.1) is 0 Å². The fraction of sp³-hybridized carbons (Fsp3) is 0.400. The largest absolute Gasteiger partial charge is 0.353 e. The van der Waals surface area contributed by atoms with Crippen LogP contribution in [0.25, 0.3) is 0 Å². The van der Waals surface area contributed by atoms with Crippen molar-refractivity contribution in [1.82, 2.24) is 25.4 Å². The van der Waals surface area contributed by atoms with Crippen molar-refractivity contribution in [3.05, 3.63) is 102 Å². The molecule has 2 fully saturated rings. The van der Waals surface area contributed by atoms with Crippen LogP contribution in [0.5, 0.6) is 0 Å². The molecular weight excluding hydrogens is 478 g/mol. The smallest absolute Gasteiger partial charge is 0.255 e. The molecule has 2 aromatic carbocycles. The van der Waals surface area contributed by atoms with Gasteiger partial charge in [0.15, 0.2) is 4.87 Å². The summed E-state index contributed by atoms with van der Waals surface area (Å²) in [4.78, 5) is 21.8. The van der Waals surface area contributed by atoms with E-state index in [2.05, 4.69) is 86.1 Å². The first kappa shape index (κ1) is 25.9. The van der Waals surface area contributed by atoms with Gasteiger partial charge in [0.2, 0.25) is 0 Å². The van der Waals surface area contributed by atoms with Crippen molar-refractivity contribution in [2.75, 3.05) is 51.6 Å². The van der Waals surface area contributed by atoms with E-state index >= 15 is 0 Å². The molecule has 2 N–H and O–H groups in total.